The summed E-state index contributed by atoms with van der Waals surface area (Å²) in [6.07, 6.45) is 0. The highest BCUT2D eigenvalue weighted by molar-refractivity contribution is 6.10. The third-order valence-electron chi connectivity index (χ3n) is 2.82. The van der Waals surface area contributed by atoms with Crippen LogP contribution in [0.1, 0.15) is 0 Å². The molecular formula is C14H10O2. The highest BCUT2D eigenvalue weighted by Crippen LogP contribution is 2.33. The fraction of sp³-hybridized carbons (Fsp3) is 0. The Morgan fingerprint density at radius 3 is 2.44 bits per heavy atom. The van der Waals surface area contributed by atoms with Gasteiger partial charge in [0.05, 0.1) is 0 Å². The first-order chi connectivity index (χ1) is 7.75. The van der Waals surface area contributed by atoms with Crippen molar-refractivity contribution >= 4 is 21.5 Å². The normalized spacial score (nSPS) is 11.0. The van der Waals surface area contributed by atoms with Gasteiger partial charge in [-0.2, -0.15) is 0 Å². The van der Waals surface area contributed by atoms with Crippen LogP contribution in [0.3, 0.4) is 0 Å². The van der Waals surface area contributed by atoms with Crippen LogP contribution in [0.4, 0.5) is 0 Å². The average molecular weight is 210 g/mol. The lowest BCUT2D eigenvalue weighted by atomic mass is 10.0. The highest BCUT2D eigenvalue weighted by atomic mass is 16.3. The second kappa shape index (κ2) is 3.14. The number of benzene rings is 3. The predicted molar refractivity (Wildman–Crippen MR) is 64.8 cm³/mol. The van der Waals surface area contributed by atoms with Crippen LogP contribution in [0.5, 0.6) is 11.5 Å². The Morgan fingerprint density at radius 1 is 0.750 bits per heavy atom. The maximum Gasteiger partial charge on any atom is 0.124 e. The van der Waals surface area contributed by atoms with E-state index in [1.54, 1.807) is 18.2 Å². The number of rotatable bonds is 0. The van der Waals surface area contributed by atoms with Crippen molar-refractivity contribution in [3.05, 3.63) is 48.5 Å². The standard InChI is InChI=1S/C14H10O2/c15-11-6-7-12-10(8-11)5-4-9-2-1-3-13(16)14(9)12/h1-8,15-16H. The van der Waals surface area contributed by atoms with E-state index in [4.69, 9.17) is 0 Å². The number of phenolic OH excluding ortho intramolecular Hbond substituents is 2. The molecule has 3 aromatic rings. The van der Waals surface area contributed by atoms with E-state index in [1.807, 2.05) is 30.3 Å². The van der Waals surface area contributed by atoms with E-state index in [9.17, 15) is 10.2 Å². The summed E-state index contributed by atoms with van der Waals surface area (Å²) in [7, 11) is 0. The van der Waals surface area contributed by atoms with E-state index >= 15 is 0 Å². The van der Waals surface area contributed by atoms with Gasteiger partial charge in [0.15, 0.2) is 0 Å². The smallest absolute Gasteiger partial charge is 0.124 e. The molecular weight excluding hydrogens is 200 g/mol. The van der Waals surface area contributed by atoms with Crippen molar-refractivity contribution in [3.63, 3.8) is 0 Å². The Bertz CT molecular complexity index is 687. The van der Waals surface area contributed by atoms with Crippen LogP contribution in [-0.2, 0) is 0 Å². The molecule has 0 spiro atoms. The monoisotopic (exact) mass is 210 g/mol. The molecule has 2 heteroatoms. The molecule has 0 fully saturated rings. The second-order valence-electron chi connectivity index (χ2n) is 3.85. The molecule has 16 heavy (non-hydrogen) atoms. The first-order valence-electron chi connectivity index (χ1n) is 5.09. The van der Waals surface area contributed by atoms with Crippen LogP contribution >= 0.6 is 0 Å². The van der Waals surface area contributed by atoms with E-state index < -0.39 is 0 Å². The number of aromatic hydroxyl groups is 2. The van der Waals surface area contributed by atoms with Gasteiger partial charge in [0.1, 0.15) is 11.5 Å². The SMILES string of the molecule is Oc1ccc2c(ccc3cccc(O)c32)c1. The molecule has 0 heterocycles. The van der Waals surface area contributed by atoms with Gasteiger partial charge in [0.2, 0.25) is 0 Å². The molecule has 3 rings (SSSR count). The molecule has 0 radical (unpaired) electrons. The summed E-state index contributed by atoms with van der Waals surface area (Å²) in [5.74, 6) is 0.510. The van der Waals surface area contributed by atoms with Gasteiger partial charge in [-0.3, -0.25) is 0 Å². The predicted octanol–water partition coefficient (Wildman–Crippen LogP) is 3.40. The summed E-state index contributed by atoms with van der Waals surface area (Å²) >= 11 is 0. The van der Waals surface area contributed by atoms with Crippen molar-refractivity contribution in [1.82, 2.24) is 0 Å². The molecule has 0 amide bonds. The lowest BCUT2D eigenvalue weighted by molar-refractivity contribution is 0.476. The van der Waals surface area contributed by atoms with Gasteiger partial charge in [-0.05, 0) is 40.4 Å². The van der Waals surface area contributed by atoms with Crippen molar-refractivity contribution in [3.8, 4) is 11.5 Å². The average Bonchev–Trinajstić information content (AvgIpc) is 2.29. The quantitative estimate of drug-likeness (QED) is 0.558. The summed E-state index contributed by atoms with van der Waals surface area (Å²) in [5, 5.41) is 23.0. The highest BCUT2D eigenvalue weighted by Gasteiger charge is 2.04. The van der Waals surface area contributed by atoms with Crippen molar-refractivity contribution in [2.24, 2.45) is 0 Å². The molecule has 0 unspecified atom stereocenters. The van der Waals surface area contributed by atoms with Crippen LogP contribution in [0.25, 0.3) is 21.5 Å². The Morgan fingerprint density at radius 2 is 1.56 bits per heavy atom. The molecule has 2 nitrogen and oxygen atoms in total. The van der Waals surface area contributed by atoms with E-state index in [0.717, 1.165) is 21.5 Å². The number of phenols is 2. The van der Waals surface area contributed by atoms with Crippen LogP contribution in [0.2, 0.25) is 0 Å². The van der Waals surface area contributed by atoms with Crippen molar-refractivity contribution in [2.75, 3.05) is 0 Å². The fourth-order valence-corrected chi connectivity index (χ4v) is 2.09. The molecule has 78 valence electrons. The second-order valence-corrected chi connectivity index (χ2v) is 3.85. The third kappa shape index (κ3) is 1.20. The fourth-order valence-electron chi connectivity index (χ4n) is 2.09. The van der Waals surface area contributed by atoms with Crippen LogP contribution in [-0.4, -0.2) is 10.2 Å². The molecule has 0 aromatic heterocycles. The van der Waals surface area contributed by atoms with Crippen LogP contribution in [0, 0.1) is 0 Å². The van der Waals surface area contributed by atoms with E-state index in [0.29, 0.717) is 0 Å². The van der Waals surface area contributed by atoms with Crippen LogP contribution < -0.4 is 0 Å². The zero-order valence-electron chi connectivity index (χ0n) is 8.51. The van der Waals surface area contributed by atoms with Gasteiger partial charge in [0, 0.05) is 5.39 Å². The van der Waals surface area contributed by atoms with Gasteiger partial charge in [-0.1, -0.05) is 24.3 Å². The van der Waals surface area contributed by atoms with Gasteiger partial charge in [-0.25, -0.2) is 0 Å². The summed E-state index contributed by atoms with van der Waals surface area (Å²) in [4.78, 5) is 0. The third-order valence-corrected chi connectivity index (χ3v) is 2.82. The van der Waals surface area contributed by atoms with Gasteiger partial charge in [0.25, 0.3) is 0 Å². The first kappa shape index (κ1) is 9.04. The summed E-state index contributed by atoms with van der Waals surface area (Å²) in [6, 6.07) is 14.5. The minimum atomic E-state index is 0.238. The molecule has 0 aliphatic heterocycles. The number of fused-ring (bicyclic) bond motifs is 3. The molecule has 0 aliphatic carbocycles. The molecule has 0 bridgehead atoms. The van der Waals surface area contributed by atoms with Crippen LogP contribution in [0.15, 0.2) is 48.5 Å². The van der Waals surface area contributed by atoms with Gasteiger partial charge >= 0.3 is 0 Å². The Labute approximate surface area is 92.4 Å². The lowest BCUT2D eigenvalue weighted by Crippen LogP contribution is -1.78. The Hall–Kier alpha value is -2.22. The number of hydrogen-bond donors (Lipinski definition) is 2. The molecule has 0 aliphatic rings. The van der Waals surface area contributed by atoms with Gasteiger partial charge in [-0.15, -0.1) is 0 Å². The first-order valence-corrected chi connectivity index (χ1v) is 5.09. The largest absolute Gasteiger partial charge is 0.508 e. The summed E-state index contributed by atoms with van der Waals surface area (Å²) < 4.78 is 0. The van der Waals surface area contributed by atoms with E-state index in [1.165, 1.54) is 0 Å². The molecule has 0 saturated carbocycles. The zero-order valence-corrected chi connectivity index (χ0v) is 8.51. The molecule has 3 aromatic carbocycles. The van der Waals surface area contributed by atoms with Crippen molar-refractivity contribution in [1.29, 1.82) is 0 Å². The Kier molecular flexibility index (Phi) is 1.77. The minimum Gasteiger partial charge on any atom is -0.508 e. The molecule has 2 N–H and O–H groups in total. The van der Waals surface area contributed by atoms with Crippen molar-refractivity contribution < 1.29 is 10.2 Å². The Balaban J connectivity index is 2.58. The maximum atomic E-state index is 9.88. The maximum absolute atomic E-state index is 9.88. The number of hydrogen-bond acceptors (Lipinski definition) is 2. The van der Waals surface area contributed by atoms with E-state index in [-0.39, 0.29) is 11.5 Å². The summed E-state index contributed by atoms with van der Waals surface area (Å²) in [6.45, 7) is 0. The topological polar surface area (TPSA) is 40.5 Å². The minimum absolute atomic E-state index is 0.238. The zero-order chi connectivity index (χ0) is 11.1. The molecule has 0 atom stereocenters. The van der Waals surface area contributed by atoms with E-state index in [2.05, 4.69) is 0 Å². The van der Waals surface area contributed by atoms with Crippen molar-refractivity contribution in [2.45, 2.75) is 0 Å². The van der Waals surface area contributed by atoms with Gasteiger partial charge < -0.3 is 10.2 Å². The lowest BCUT2D eigenvalue weighted by Gasteiger charge is -2.05. The summed E-state index contributed by atoms with van der Waals surface area (Å²) in [5.41, 5.74) is 0. The molecule has 0 saturated heterocycles.